The fourth-order valence-electron chi connectivity index (χ4n) is 1.59. The van der Waals surface area contributed by atoms with E-state index in [1.165, 1.54) is 0 Å². The van der Waals surface area contributed by atoms with Gasteiger partial charge in [0.05, 0.1) is 4.47 Å². The number of carboxylic acid groups (broad SMARTS) is 1. The first-order chi connectivity index (χ1) is 9.06. The molecular weight excluding hydrogens is 310 g/mol. The molecule has 98 valence electrons. The molecule has 1 atom stereocenters. The molecule has 0 spiro atoms. The summed E-state index contributed by atoms with van der Waals surface area (Å²) in [4.78, 5) is 19.1. The first kappa shape index (κ1) is 13.6. The number of aliphatic carboxylic acids is 1. The van der Waals surface area contributed by atoms with Gasteiger partial charge in [0.1, 0.15) is 6.04 Å². The van der Waals surface area contributed by atoms with Crippen LogP contribution in [0.1, 0.15) is 5.56 Å². The van der Waals surface area contributed by atoms with Crippen LogP contribution in [0.2, 0.25) is 0 Å². The van der Waals surface area contributed by atoms with E-state index in [9.17, 15) is 4.79 Å². The number of aromatic nitrogens is 2. The molecule has 0 unspecified atom stereocenters. The molecule has 0 aliphatic heterocycles. The second-order valence-electron chi connectivity index (χ2n) is 4.07. The topological polar surface area (TPSA) is 89.1 Å². The van der Waals surface area contributed by atoms with Gasteiger partial charge in [-0.2, -0.15) is 0 Å². The van der Waals surface area contributed by atoms with Gasteiger partial charge in [0.15, 0.2) is 5.82 Å². The molecule has 0 radical (unpaired) electrons. The fraction of sp³-hybridized carbons (Fsp3) is 0.154. The van der Waals surface area contributed by atoms with Crippen molar-refractivity contribution in [3.05, 3.63) is 46.7 Å². The highest BCUT2D eigenvalue weighted by atomic mass is 79.9. The van der Waals surface area contributed by atoms with Crippen molar-refractivity contribution in [2.75, 3.05) is 0 Å². The molecule has 0 bridgehead atoms. The predicted molar refractivity (Wildman–Crippen MR) is 74.5 cm³/mol. The van der Waals surface area contributed by atoms with Gasteiger partial charge in [-0.15, -0.1) is 0 Å². The Bertz CT molecular complexity index is 569. The molecule has 1 aromatic carbocycles. The Hall–Kier alpha value is -1.79. The molecule has 0 saturated heterocycles. The molecule has 19 heavy (non-hydrogen) atoms. The third kappa shape index (κ3) is 3.59. The number of nitrogens with two attached hydrogens (primary N) is 1. The van der Waals surface area contributed by atoms with Gasteiger partial charge in [0.25, 0.3) is 0 Å². The van der Waals surface area contributed by atoms with Crippen LogP contribution < -0.4 is 5.73 Å². The van der Waals surface area contributed by atoms with E-state index < -0.39 is 12.0 Å². The molecule has 0 saturated carbocycles. The summed E-state index contributed by atoms with van der Waals surface area (Å²) in [6.45, 7) is 0. The molecule has 1 aromatic heterocycles. The van der Waals surface area contributed by atoms with E-state index in [-0.39, 0.29) is 0 Å². The van der Waals surface area contributed by atoms with Crippen molar-refractivity contribution < 1.29 is 9.90 Å². The zero-order valence-corrected chi connectivity index (χ0v) is 11.5. The number of nitrogens with zero attached hydrogens (tertiary/aromatic N) is 2. The van der Waals surface area contributed by atoms with Crippen LogP contribution in [-0.4, -0.2) is 27.1 Å². The summed E-state index contributed by atoms with van der Waals surface area (Å²) in [5.74, 6) is -0.377. The number of benzene rings is 1. The number of rotatable bonds is 4. The van der Waals surface area contributed by atoms with Crippen LogP contribution >= 0.6 is 15.9 Å². The van der Waals surface area contributed by atoms with Crippen molar-refractivity contribution in [1.29, 1.82) is 0 Å². The third-order valence-electron chi connectivity index (χ3n) is 2.61. The maximum atomic E-state index is 10.7. The second-order valence-corrected chi connectivity index (χ2v) is 4.99. The van der Waals surface area contributed by atoms with E-state index in [0.29, 0.717) is 12.2 Å². The van der Waals surface area contributed by atoms with Crippen LogP contribution in [0.5, 0.6) is 0 Å². The normalized spacial score (nSPS) is 12.1. The lowest BCUT2D eigenvalue weighted by Gasteiger charge is -2.07. The molecule has 1 heterocycles. The zero-order chi connectivity index (χ0) is 13.8. The maximum absolute atomic E-state index is 10.7. The Balaban J connectivity index is 2.14. The molecule has 0 fully saturated rings. The average Bonchev–Trinajstić information content (AvgIpc) is 2.40. The van der Waals surface area contributed by atoms with Crippen molar-refractivity contribution in [2.24, 2.45) is 5.73 Å². The lowest BCUT2D eigenvalue weighted by Crippen LogP contribution is -2.32. The van der Waals surface area contributed by atoms with Gasteiger partial charge in [0, 0.05) is 18.0 Å². The standard InChI is InChI=1S/C13H12BrN3O2/c14-10-6-16-12(17-7-10)9-3-1-8(2-4-9)5-11(15)13(18)19/h1-4,6-7,11H,5,15H2,(H,18,19)/t11-/m0/s1. The number of carboxylic acids is 1. The zero-order valence-electron chi connectivity index (χ0n) is 9.95. The van der Waals surface area contributed by atoms with Crippen molar-refractivity contribution >= 4 is 21.9 Å². The van der Waals surface area contributed by atoms with Crippen LogP contribution in [0, 0.1) is 0 Å². The summed E-state index contributed by atoms with van der Waals surface area (Å²) >= 11 is 3.28. The van der Waals surface area contributed by atoms with Crippen molar-refractivity contribution in [3.63, 3.8) is 0 Å². The summed E-state index contributed by atoms with van der Waals surface area (Å²) in [7, 11) is 0. The summed E-state index contributed by atoms with van der Waals surface area (Å²) in [5.41, 5.74) is 7.23. The first-order valence-corrected chi connectivity index (χ1v) is 6.41. The summed E-state index contributed by atoms with van der Waals surface area (Å²) in [6, 6.07) is 6.50. The van der Waals surface area contributed by atoms with Crippen LogP contribution in [0.15, 0.2) is 41.1 Å². The number of halogens is 1. The summed E-state index contributed by atoms with van der Waals surface area (Å²) in [5, 5.41) is 8.75. The maximum Gasteiger partial charge on any atom is 0.320 e. The van der Waals surface area contributed by atoms with Gasteiger partial charge in [-0.05, 0) is 27.9 Å². The molecule has 2 rings (SSSR count). The molecule has 2 aromatic rings. The molecule has 5 nitrogen and oxygen atoms in total. The van der Waals surface area contributed by atoms with Crippen LogP contribution in [0.25, 0.3) is 11.4 Å². The molecule has 6 heteroatoms. The minimum Gasteiger partial charge on any atom is -0.480 e. The Morgan fingerprint density at radius 3 is 2.37 bits per heavy atom. The lowest BCUT2D eigenvalue weighted by molar-refractivity contribution is -0.138. The number of hydrogen-bond donors (Lipinski definition) is 2. The van der Waals surface area contributed by atoms with E-state index in [1.54, 1.807) is 12.4 Å². The largest absolute Gasteiger partial charge is 0.480 e. The van der Waals surface area contributed by atoms with E-state index in [0.717, 1.165) is 15.6 Å². The highest BCUT2D eigenvalue weighted by Crippen LogP contribution is 2.17. The Labute approximate surface area is 118 Å². The number of carbonyl (C=O) groups is 1. The monoisotopic (exact) mass is 321 g/mol. The van der Waals surface area contributed by atoms with Gasteiger partial charge in [-0.1, -0.05) is 24.3 Å². The highest BCUT2D eigenvalue weighted by Gasteiger charge is 2.12. The molecule has 0 aliphatic rings. The van der Waals surface area contributed by atoms with Crippen LogP contribution in [0.3, 0.4) is 0 Å². The van der Waals surface area contributed by atoms with E-state index in [2.05, 4.69) is 25.9 Å². The average molecular weight is 322 g/mol. The van der Waals surface area contributed by atoms with Crippen LogP contribution in [-0.2, 0) is 11.2 Å². The highest BCUT2D eigenvalue weighted by molar-refractivity contribution is 9.10. The summed E-state index contributed by atoms with van der Waals surface area (Å²) < 4.78 is 0.820. The fourth-order valence-corrected chi connectivity index (χ4v) is 1.80. The Morgan fingerprint density at radius 2 is 1.84 bits per heavy atom. The molecule has 0 amide bonds. The minimum atomic E-state index is -1.000. The van der Waals surface area contributed by atoms with Gasteiger partial charge in [-0.25, -0.2) is 9.97 Å². The van der Waals surface area contributed by atoms with Crippen LogP contribution in [0.4, 0.5) is 0 Å². The predicted octanol–water partition coefficient (Wildman–Crippen LogP) is 1.86. The smallest absolute Gasteiger partial charge is 0.320 e. The van der Waals surface area contributed by atoms with Crippen molar-refractivity contribution in [3.8, 4) is 11.4 Å². The SMILES string of the molecule is N[C@@H](Cc1ccc(-c2ncc(Br)cn2)cc1)C(=O)O. The van der Waals surface area contributed by atoms with Gasteiger partial charge in [-0.3, -0.25) is 4.79 Å². The lowest BCUT2D eigenvalue weighted by atomic mass is 10.0. The Morgan fingerprint density at radius 1 is 1.26 bits per heavy atom. The number of hydrogen-bond acceptors (Lipinski definition) is 4. The second kappa shape index (κ2) is 5.90. The van der Waals surface area contributed by atoms with Crippen molar-refractivity contribution in [2.45, 2.75) is 12.5 Å². The van der Waals surface area contributed by atoms with Gasteiger partial charge < -0.3 is 10.8 Å². The van der Waals surface area contributed by atoms with Gasteiger partial charge >= 0.3 is 5.97 Å². The van der Waals surface area contributed by atoms with E-state index in [1.807, 2.05) is 24.3 Å². The van der Waals surface area contributed by atoms with E-state index >= 15 is 0 Å². The minimum absolute atomic E-state index is 0.302. The molecule has 0 aliphatic carbocycles. The van der Waals surface area contributed by atoms with Gasteiger partial charge in [0.2, 0.25) is 0 Å². The molecule has 3 N–H and O–H groups in total. The third-order valence-corrected chi connectivity index (χ3v) is 3.01. The molecular formula is C13H12BrN3O2. The summed E-state index contributed by atoms with van der Waals surface area (Å²) in [6.07, 6.45) is 3.66. The van der Waals surface area contributed by atoms with E-state index in [4.69, 9.17) is 10.8 Å². The van der Waals surface area contributed by atoms with Crippen molar-refractivity contribution in [1.82, 2.24) is 9.97 Å². The first-order valence-electron chi connectivity index (χ1n) is 5.61. The Kier molecular flexibility index (Phi) is 4.24. The quantitative estimate of drug-likeness (QED) is 0.897.